The smallest absolute Gasteiger partial charge is 0.0598 e. The van der Waals surface area contributed by atoms with Gasteiger partial charge in [0.05, 0.1) is 10.0 Å². The maximum atomic E-state index is 9.04. The molecule has 0 fully saturated rings. The predicted octanol–water partition coefficient (Wildman–Crippen LogP) is 4.70. The highest BCUT2D eigenvalue weighted by molar-refractivity contribution is 6.42. The van der Waals surface area contributed by atoms with Crippen molar-refractivity contribution in [2.75, 3.05) is 6.61 Å². The van der Waals surface area contributed by atoms with Crippen LogP contribution in [0.2, 0.25) is 10.0 Å². The minimum atomic E-state index is 0.150. The first kappa shape index (κ1) is 14.1. The van der Waals surface area contributed by atoms with Gasteiger partial charge in [0.1, 0.15) is 0 Å². The molecule has 0 saturated heterocycles. The lowest BCUT2D eigenvalue weighted by Crippen LogP contribution is -1.93. The molecule has 0 heterocycles. The predicted molar refractivity (Wildman–Crippen MR) is 82.6 cm³/mol. The van der Waals surface area contributed by atoms with Gasteiger partial charge < -0.3 is 5.11 Å². The first-order valence-corrected chi connectivity index (χ1v) is 6.78. The topological polar surface area (TPSA) is 20.2 Å². The molecule has 0 radical (unpaired) electrons. The lowest BCUT2D eigenvalue weighted by atomic mass is 10.0. The van der Waals surface area contributed by atoms with E-state index in [1.807, 2.05) is 48.6 Å². The number of hydrogen-bond acceptors (Lipinski definition) is 1. The summed E-state index contributed by atoms with van der Waals surface area (Å²) in [5.74, 6) is 0. The molecule has 0 spiro atoms. The molecule has 0 saturated carbocycles. The molecule has 3 heteroatoms. The molecular weight excluding hydrogens is 279 g/mol. The molecule has 0 aliphatic heterocycles. The Bertz CT molecular complexity index is 591. The fourth-order valence-corrected chi connectivity index (χ4v) is 2.15. The number of rotatable bonds is 4. The summed E-state index contributed by atoms with van der Waals surface area (Å²) in [7, 11) is 0. The van der Waals surface area contributed by atoms with Gasteiger partial charge in [-0.05, 0) is 35.2 Å². The molecule has 0 unspecified atom stereocenters. The van der Waals surface area contributed by atoms with Crippen LogP contribution >= 0.6 is 23.2 Å². The number of hydrogen-bond donors (Lipinski definition) is 1. The number of aliphatic hydroxyl groups excluding tert-OH is 1. The van der Waals surface area contributed by atoms with E-state index in [1.165, 1.54) is 0 Å². The summed E-state index contributed by atoms with van der Waals surface area (Å²) in [6, 6.07) is 13.5. The number of halogens is 2. The summed E-state index contributed by atoms with van der Waals surface area (Å²) in [4.78, 5) is 0. The molecule has 2 aromatic carbocycles. The first-order chi connectivity index (χ1) is 9.20. The molecule has 2 aromatic rings. The summed E-state index contributed by atoms with van der Waals surface area (Å²) in [5.41, 5.74) is 3.22. The van der Waals surface area contributed by atoms with Gasteiger partial charge in [-0.15, -0.1) is 0 Å². The minimum absolute atomic E-state index is 0.150. The average molecular weight is 293 g/mol. The molecule has 0 aromatic heterocycles. The molecule has 0 amide bonds. The van der Waals surface area contributed by atoms with Crippen LogP contribution in [0.1, 0.15) is 16.7 Å². The largest absolute Gasteiger partial charge is 0.396 e. The summed E-state index contributed by atoms with van der Waals surface area (Å²) in [6.45, 7) is 0.150. The Hall–Kier alpha value is -1.28. The van der Waals surface area contributed by atoms with Gasteiger partial charge in [0.15, 0.2) is 0 Å². The van der Waals surface area contributed by atoms with Crippen LogP contribution in [0.15, 0.2) is 42.5 Å². The van der Waals surface area contributed by atoms with Crippen molar-refractivity contribution < 1.29 is 5.11 Å². The third kappa shape index (κ3) is 3.84. The zero-order valence-electron chi connectivity index (χ0n) is 10.3. The summed E-state index contributed by atoms with van der Waals surface area (Å²) < 4.78 is 0. The first-order valence-electron chi connectivity index (χ1n) is 6.02. The van der Waals surface area contributed by atoms with Crippen molar-refractivity contribution in [3.63, 3.8) is 0 Å². The molecule has 0 aliphatic rings. The summed E-state index contributed by atoms with van der Waals surface area (Å²) in [5, 5.41) is 10.1. The van der Waals surface area contributed by atoms with Gasteiger partial charge in [-0.25, -0.2) is 0 Å². The van der Waals surface area contributed by atoms with Gasteiger partial charge in [-0.3, -0.25) is 0 Å². The quantitative estimate of drug-likeness (QED) is 0.810. The van der Waals surface area contributed by atoms with Gasteiger partial charge in [0.25, 0.3) is 0 Å². The van der Waals surface area contributed by atoms with Crippen LogP contribution in [0.4, 0.5) is 0 Å². The molecule has 0 bridgehead atoms. The SMILES string of the molecule is OCCc1ccccc1/C=C/c1ccc(Cl)c(Cl)c1. The highest BCUT2D eigenvalue weighted by atomic mass is 35.5. The van der Waals surface area contributed by atoms with Gasteiger partial charge in [0.2, 0.25) is 0 Å². The van der Waals surface area contributed by atoms with E-state index in [9.17, 15) is 0 Å². The van der Waals surface area contributed by atoms with Crippen molar-refractivity contribution in [1.29, 1.82) is 0 Å². The fraction of sp³-hybridized carbons (Fsp3) is 0.125. The highest BCUT2D eigenvalue weighted by Crippen LogP contribution is 2.23. The molecule has 1 N–H and O–H groups in total. The average Bonchev–Trinajstić information content (AvgIpc) is 2.42. The Balaban J connectivity index is 2.24. The highest BCUT2D eigenvalue weighted by Gasteiger charge is 1.99. The zero-order chi connectivity index (χ0) is 13.7. The number of benzene rings is 2. The molecule has 0 atom stereocenters. The van der Waals surface area contributed by atoms with Gasteiger partial charge >= 0.3 is 0 Å². The maximum Gasteiger partial charge on any atom is 0.0598 e. The van der Waals surface area contributed by atoms with Crippen LogP contribution in [0.3, 0.4) is 0 Å². The van der Waals surface area contributed by atoms with Crippen molar-refractivity contribution in [3.8, 4) is 0 Å². The van der Waals surface area contributed by atoms with Crippen LogP contribution < -0.4 is 0 Å². The zero-order valence-corrected chi connectivity index (χ0v) is 11.8. The second-order valence-corrected chi connectivity index (χ2v) is 4.99. The normalized spacial score (nSPS) is 11.1. The van der Waals surface area contributed by atoms with Crippen LogP contribution in [0.5, 0.6) is 0 Å². The van der Waals surface area contributed by atoms with Crippen LogP contribution in [0.25, 0.3) is 12.2 Å². The van der Waals surface area contributed by atoms with Crippen molar-refractivity contribution in [1.82, 2.24) is 0 Å². The lowest BCUT2D eigenvalue weighted by Gasteiger charge is -2.04. The second-order valence-electron chi connectivity index (χ2n) is 4.18. The van der Waals surface area contributed by atoms with E-state index in [-0.39, 0.29) is 6.61 Å². The Morgan fingerprint density at radius 1 is 0.947 bits per heavy atom. The molecule has 1 nitrogen and oxygen atoms in total. The Morgan fingerprint density at radius 3 is 2.47 bits per heavy atom. The monoisotopic (exact) mass is 292 g/mol. The Kier molecular flexibility index (Phi) is 5.03. The molecule has 19 heavy (non-hydrogen) atoms. The molecular formula is C16H14Cl2O. The summed E-state index contributed by atoms with van der Waals surface area (Å²) in [6.07, 6.45) is 4.66. The van der Waals surface area contributed by atoms with E-state index in [2.05, 4.69) is 0 Å². The molecule has 0 aliphatic carbocycles. The standard InChI is InChI=1S/C16H14Cl2O/c17-15-8-6-12(11-16(15)18)5-7-13-3-1-2-4-14(13)9-10-19/h1-8,11,19H,9-10H2/b7-5+. The van der Waals surface area contributed by atoms with E-state index < -0.39 is 0 Å². The third-order valence-corrected chi connectivity index (χ3v) is 3.57. The number of aliphatic hydroxyl groups is 1. The second kappa shape index (κ2) is 6.76. The van der Waals surface area contributed by atoms with E-state index in [1.54, 1.807) is 6.07 Å². The summed E-state index contributed by atoms with van der Waals surface area (Å²) >= 11 is 11.9. The van der Waals surface area contributed by atoms with Crippen molar-refractivity contribution >= 4 is 35.4 Å². The molecule has 98 valence electrons. The van der Waals surface area contributed by atoms with E-state index in [4.69, 9.17) is 28.3 Å². The van der Waals surface area contributed by atoms with E-state index in [0.717, 1.165) is 16.7 Å². The molecule has 2 rings (SSSR count). The van der Waals surface area contributed by atoms with E-state index >= 15 is 0 Å². The van der Waals surface area contributed by atoms with Gasteiger partial charge in [0, 0.05) is 6.61 Å². The van der Waals surface area contributed by atoms with Gasteiger partial charge in [-0.2, -0.15) is 0 Å². The maximum absolute atomic E-state index is 9.04. The lowest BCUT2D eigenvalue weighted by molar-refractivity contribution is 0.299. The fourth-order valence-electron chi connectivity index (χ4n) is 1.85. The minimum Gasteiger partial charge on any atom is -0.396 e. The van der Waals surface area contributed by atoms with Crippen LogP contribution in [-0.2, 0) is 6.42 Å². The van der Waals surface area contributed by atoms with Crippen molar-refractivity contribution in [3.05, 3.63) is 69.2 Å². The third-order valence-electron chi connectivity index (χ3n) is 2.84. The van der Waals surface area contributed by atoms with Crippen molar-refractivity contribution in [2.45, 2.75) is 6.42 Å². The Labute approximate surface area is 123 Å². The van der Waals surface area contributed by atoms with Gasteiger partial charge in [-0.1, -0.05) is 65.7 Å². The van der Waals surface area contributed by atoms with Crippen LogP contribution in [-0.4, -0.2) is 11.7 Å². The van der Waals surface area contributed by atoms with Crippen molar-refractivity contribution in [2.24, 2.45) is 0 Å². The van der Waals surface area contributed by atoms with E-state index in [0.29, 0.717) is 16.5 Å². The Morgan fingerprint density at radius 2 is 1.74 bits per heavy atom. The van der Waals surface area contributed by atoms with Crippen LogP contribution in [0, 0.1) is 0 Å².